The fourth-order valence-corrected chi connectivity index (χ4v) is 1.53. The van der Waals surface area contributed by atoms with E-state index in [2.05, 4.69) is 4.74 Å². The highest BCUT2D eigenvalue weighted by Crippen LogP contribution is 1.90. The van der Waals surface area contributed by atoms with Gasteiger partial charge in [-0.2, -0.15) is 0 Å². The minimum atomic E-state index is -0.372. The van der Waals surface area contributed by atoms with Crippen LogP contribution in [0.4, 0.5) is 0 Å². The summed E-state index contributed by atoms with van der Waals surface area (Å²) in [4.78, 5) is 10.9. The number of esters is 1. The molecule has 0 heterocycles. The number of alkyl halides is 1. The molecule has 0 aliphatic rings. The lowest BCUT2D eigenvalue weighted by atomic mass is 10.5. The van der Waals surface area contributed by atoms with E-state index in [0.29, 0.717) is 72.7 Å². The quantitative estimate of drug-likeness (QED) is 0.187. The Morgan fingerprint density at radius 1 is 0.667 bits per heavy atom. The summed E-state index contributed by atoms with van der Waals surface area (Å²) in [7, 11) is 1.64. The lowest BCUT2D eigenvalue weighted by Gasteiger charge is -2.07. The van der Waals surface area contributed by atoms with E-state index in [0.717, 1.165) is 0 Å². The van der Waals surface area contributed by atoms with Gasteiger partial charge in [-0.3, -0.25) is 4.79 Å². The zero-order chi connectivity index (χ0) is 17.7. The third kappa shape index (κ3) is 19.6. The molecule has 0 saturated heterocycles. The first-order valence-electron chi connectivity index (χ1n) is 7.90. The number of halogens is 1. The third-order valence-corrected chi connectivity index (χ3v) is 2.70. The number of rotatable bonds is 19. The van der Waals surface area contributed by atoms with Crippen LogP contribution in [0.25, 0.3) is 0 Å². The molecule has 0 radical (unpaired) electrons. The summed E-state index contributed by atoms with van der Waals surface area (Å²) >= 11 is 5.24. The summed E-state index contributed by atoms with van der Waals surface area (Å²) in [6.45, 7) is 5.44. The predicted octanol–water partition coefficient (Wildman–Crippen LogP) is 0.845. The van der Waals surface area contributed by atoms with Gasteiger partial charge in [0.05, 0.1) is 79.1 Å². The van der Waals surface area contributed by atoms with E-state index >= 15 is 0 Å². The second-order valence-electron chi connectivity index (χ2n) is 4.43. The van der Waals surface area contributed by atoms with Gasteiger partial charge in [0.25, 0.3) is 0 Å². The van der Waals surface area contributed by atoms with Crippen molar-refractivity contribution in [1.82, 2.24) is 0 Å². The van der Waals surface area contributed by atoms with Gasteiger partial charge >= 0.3 is 5.97 Å². The lowest BCUT2D eigenvalue weighted by Crippen LogP contribution is -2.14. The molecule has 0 fully saturated rings. The summed E-state index contributed by atoms with van der Waals surface area (Å²) in [5.74, 6) is -0.372. The first-order valence-corrected chi connectivity index (χ1v) is 8.44. The van der Waals surface area contributed by atoms with Crippen molar-refractivity contribution in [3.63, 3.8) is 0 Å². The first kappa shape index (κ1) is 23.5. The van der Waals surface area contributed by atoms with Crippen LogP contribution in [0.2, 0.25) is 0 Å². The monoisotopic (exact) mass is 372 g/mol. The van der Waals surface area contributed by atoms with Gasteiger partial charge in [0.2, 0.25) is 0 Å². The fraction of sp³-hybridized carbons (Fsp3) is 0.933. The van der Waals surface area contributed by atoms with Crippen molar-refractivity contribution >= 4 is 17.6 Å². The number of methoxy groups -OCH3 is 1. The van der Waals surface area contributed by atoms with Crippen LogP contribution < -0.4 is 0 Å². The van der Waals surface area contributed by atoms with Crippen molar-refractivity contribution in [2.45, 2.75) is 6.42 Å². The molecule has 0 aromatic heterocycles. The zero-order valence-corrected chi connectivity index (χ0v) is 15.1. The smallest absolute Gasteiger partial charge is 0.309 e. The molecule has 0 aromatic carbocycles. The van der Waals surface area contributed by atoms with Crippen LogP contribution in [-0.2, 0) is 38.0 Å². The standard InChI is InChI=1S/C15H29ClO8/c1-18-4-5-20-8-9-22-12-13-23-11-10-21-7-6-19-3-2-15(17)24-14-16/h2-14H2,1H3. The van der Waals surface area contributed by atoms with Crippen LogP contribution in [0, 0.1) is 0 Å². The molecule has 0 spiro atoms. The average Bonchev–Trinajstić information content (AvgIpc) is 2.58. The van der Waals surface area contributed by atoms with Gasteiger partial charge in [-0.1, -0.05) is 11.6 Å². The largest absolute Gasteiger partial charge is 0.449 e. The molecule has 9 heteroatoms. The Labute approximate surface area is 148 Å². The van der Waals surface area contributed by atoms with Gasteiger partial charge in [-0.05, 0) is 0 Å². The SMILES string of the molecule is COCCOCCOCCOCCOCCOCCC(=O)OCCl. The Kier molecular flexibility index (Phi) is 20.2. The molecule has 0 aromatic rings. The van der Waals surface area contributed by atoms with Crippen LogP contribution in [0.5, 0.6) is 0 Å². The van der Waals surface area contributed by atoms with Crippen LogP contribution in [0.3, 0.4) is 0 Å². The number of ether oxygens (including phenoxy) is 7. The molecule has 0 aliphatic heterocycles. The second kappa shape index (κ2) is 20.6. The van der Waals surface area contributed by atoms with Gasteiger partial charge in [0.1, 0.15) is 0 Å². The van der Waals surface area contributed by atoms with Crippen molar-refractivity contribution < 1.29 is 38.0 Å². The fourth-order valence-electron chi connectivity index (χ4n) is 1.41. The molecule has 0 unspecified atom stereocenters. The maximum atomic E-state index is 10.9. The van der Waals surface area contributed by atoms with Crippen molar-refractivity contribution in [1.29, 1.82) is 0 Å². The minimum absolute atomic E-state index is 0.130. The van der Waals surface area contributed by atoms with Gasteiger partial charge in [0.15, 0.2) is 6.07 Å². The van der Waals surface area contributed by atoms with E-state index in [-0.39, 0.29) is 18.5 Å². The molecule has 0 amide bonds. The molecule has 8 nitrogen and oxygen atoms in total. The van der Waals surface area contributed by atoms with Crippen LogP contribution in [-0.4, -0.2) is 91.8 Å². The summed E-state index contributed by atoms with van der Waals surface area (Å²) in [5.41, 5.74) is 0. The maximum Gasteiger partial charge on any atom is 0.309 e. The first-order chi connectivity index (χ1) is 11.8. The highest BCUT2D eigenvalue weighted by atomic mass is 35.5. The topological polar surface area (TPSA) is 81.7 Å². The number of carbonyl (C=O) groups excluding carboxylic acids is 1. The van der Waals surface area contributed by atoms with Crippen molar-refractivity contribution in [3.8, 4) is 0 Å². The molecular formula is C15H29ClO8. The van der Waals surface area contributed by atoms with E-state index in [1.807, 2.05) is 0 Å². The number of carbonyl (C=O) groups is 1. The Balaban J connectivity index is 3.01. The van der Waals surface area contributed by atoms with Gasteiger partial charge in [-0.25, -0.2) is 0 Å². The molecule has 0 saturated carbocycles. The van der Waals surface area contributed by atoms with Gasteiger partial charge < -0.3 is 33.2 Å². The van der Waals surface area contributed by atoms with E-state index in [1.165, 1.54) is 0 Å². The van der Waals surface area contributed by atoms with Gasteiger partial charge in [-0.15, -0.1) is 0 Å². The Morgan fingerprint density at radius 2 is 1.04 bits per heavy atom. The molecular weight excluding hydrogens is 344 g/mol. The van der Waals surface area contributed by atoms with Crippen molar-refractivity contribution in [3.05, 3.63) is 0 Å². The van der Waals surface area contributed by atoms with E-state index in [4.69, 9.17) is 40.0 Å². The van der Waals surface area contributed by atoms with Crippen LogP contribution in [0.15, 0.2) is 0 Å². The minimum Gasteiger partial charge on any atom is -0.449 e. The average molecular weight is 373 g/mol. The highest BCUT2D eigenvalue weighted by Gasteiger charge is 2.01. The Morgan fingerprint density at radius 3 is 1.42 bits per heavy atom. The van der Waals surface area contributed by atoms with Gasteiger partial charge in [0, 0.05) is 7.11 Å². The summed E-state index contributed by atoms with van der Waals surface area (Å²) < 4.78 is 35.8. The maximum absolute atomic E-state index is 10.9. The lowest BCUT2D eigenvalue weighted by molar-refractivity contribution is -0.142. The number of hydrogen-bond acceptors (Lipinski definition) is 8. The van der Waals surface area contributed by atoms with Crippen LogP contribution in [0.1, 0.15) is 6.42 Å². The van der Waals surface area contributed by atoms with Crippen LogP contribution >= 0.6 is 11.6 Å². The highest BCUT2D eigenvalue weighted by molar-refractivity contribution is 6.17. The number of hydrogen-bond donors (Lipinski definition) is 0. The van der Waals surface area contributed by atoms with Crippen molar-refractivity contribution in [2.24, 2.45) is 0 Å². The Hall–Kier alpha value is -0.480. The molecule has 0 aliphatic carbocycles. The van der Waals surface area contributed by atoms with Crippen molar-refractivity contribution in [2.75, 3.05) is 85.9 Å². The summed E-state index contributed by atoms with van der Waals surface area (Å²) in [6, 6.07) is -0.130. The molecule has 24 heavy (non-hydrogen) atoms. The normalized spacial score (nSPS) is 10.9. The molecule has 0 atom stereocenters. The van der Waals surface area contributed by atoms with E-state index < -0.39 is 0 Å². The second-order valence-corrected chi connectivity index (χ2v) is 4.65. The molecule has 0 N–H and O–H groups in total. The summed E-state index contributed by atoms with van der Waals surface area (Å²) in [5, 5.41) is 0. The molecule has 0 bridgehead atoms. The third-order valence-electron chi connectivity index (χ3n) is 2.59. The molecule has 0 rings (SSSR count). The summed E-state index contributed by atoms with van der Waals surface area (Å²) in [6.07, 6.45) is 0.188. The van der Waals surface area contributed by atoms with E-state index in [9.17, 15) is 4.79 Å². The predicted molar refractivity (Wildman–Crippen MR) is 87.4 cm³/mol. The van der Waals surface area contributed by atoms with E-state index in [1.54, 1.807) is 7.11 Å². The Bertz CT molecular complexity index is 268. The zero-order valence-electron chi connectivity index (χ0n) is 14.3. The molecule has 144 valence electrons.